The molecule has 0 saturated heterocycles. The third-order valence-electron chi connectivity index (χ3n) is 8.22. The first-order chi connectivity index (χ1) is 23.0. The quantitative estimate of drug-likeness (QED) is 0.0965. The van der Waals surface area contributed by atoms with Crippen LogP contribution in [-0.4, -0.2) is 73.3 Å². The Bertz CT molecular complexity index is 1640. The fraction of sp³-hybridized carbons (Fsp3) is 0.278. The zero-order valence-electron chi connectivity index (χ0n) is 26.6. The number of carbonyl (C=O) groups excluding carboxylic acids is 2. The lowest BCUT2D eigenvalue weighted by Gasteiger charge is -2.16. The Labute approximate surface area is 277 Å². The average molecular weight is 655 g/mol. The minimum atomic E-state index is -1.16. The number of aromatic nitrogens is 2. The predicted octanol–water partition coefficient (Wildman–Crippen LogP) is 3.60. The van der Waals surface area contributed by atoms with Crippen LogP contribution in [0.15, 0.2) is 73.1 Å². The number of Topliss-reactive ketones (excluding diaryl/α,β-unsaturated/α-hetero) is 1. The molecule has 6 N–H and O–H groups in total. The van der Waals surface area contributed by atoms with E-state index in [-0.39, 0.29) is 36.6 Å². The number of aryl methyl sites for hydroxylation is 1. The summed E-state index contributed by atoms with van der Waals surface area (Å²) in [6.45, 7) is 3.02. The molecule has 1 amide bonds. The predicted molar refractivity (Wildman–Crippen MR) is 178 cm³/mol. The van der Waals surface area contributed by atoms with Crippen LogP contribution in [0, 0.1) is 19.8 Å². The molecule has 12 heteroatoms. The fourth-order valence-corrected chi connectivity index (χ4v) is 5.18. The molecule has 12 nitrogen and oxygen atoms in total. The van der Waals surface area contributed by atoms with E-state index in [4.69, 9.17) is 15.3 Å². The highest BCUT2D eigenvalue weighted by Gasteiger charge is 2.19. The molecule has 0 aliphatic rings. The summed E-state index contributed by atoms with van der Waals surface area (Å²) >= 11 is 0. The summed E-state index contributed by atoms with van der Waals surface area (Å²) in [5.41, 5.74) is 6.86. The highest BCUT2D eigenvalue weighted by Crippen LogP contribution is 2.32. The van der Waals surface area contributed by atoms with Crippen molar-refractivity contribution >= 4 is 29.3 Å². The SMILES string of the molecule is Cc1c(CC(=O)c2ccc(CN[C@@H](CO)C(=O)O)cn2)cccc1-c1cccc(NC(=O)c2ccc(CC[C@@H](CO)C(=O)O)cn2)c1C. The molecule has 0 saturated carbocycles. The van der Waals surface area contributed by atoms with E-state index in [0.29, 0.717) is 17.7 Å². The van der Waals surface area contributed by atoms with Gasteiger partial charge in [-0.2, -0.15) is 0 Å². The second kappa shape index (κ2) is 16.5. The van der Waals surface area contributed by atoms with Gasteiger partial charge in [-0.3, -0.25) is 34.5 Å². The number of aliphatic hydroxyl groups excluding tert-OH is 2. The highest BCUT2D eigenvalue weighted by molar-refractivity contribution is 6.04. The van der Waals surface area contributed by atoms with Crippen molar-refractivity contribution in [1.29, 1.82) is 0 Å². The minimum Gasteiger partial charge on any atom is -0.481 e. The van der Waals surface area contributed by atoms with E-state index in [1.165, 1.54) is 12.4 Å². The zero-order chi connectivity index (χ0) is 34.8. The van der Waals surface area contributed by atoms with Crippen molar-refractivity contribution in [3.8, 4) is 11.1 Å². The van der Waals surface area contributed by atoms with Crippen LogP contribution in [0.4, 0.5) is 5.69 Å². The van der Waals surface area contributed by atoms with E-state index in [2.05, 4.69) is 20.6 Å². The molecule has 2 aromatic heterocycles. The van der Waals surface area contributed by atoms with Crippen LogP contribution in [0.5, 0.6) is 0 Å². The lowest BCUT2D eigenvalue weighted by Crippen LogP contribution is -2.39. The number of nitrogens with one attached hydrogen (secondary N) is 2. The Morgan fingerprint density at radius 2 is 1.40 bits per heavy atom. The second-order valence-corrected chi connectivity index (χ2v) is 11.4. The van der Waals surface area contributed by atoms with E-state index < -0.39 is 43.0 Å². The van der Waals surface area contributed by atoms with Crippen molar-refractivity contribution in [3.05, 3.63) is 112 Å². The molecule has 250 valence electrons. The normalized spacial score (nSPS) is 12.2. The standard InChI is InChI=1S/C36H38N4O8/c1-21-25(15-33(43)30-13-11-24(17-37-30)18-39-32(20-42)36(47)48)5-3-6-27(21)28-7-4-8-29(22(28)2)40-34(44)31-14-10-23(16-38-31)9-12-26(19-41)35(45)46/h3-8,10-11,13-14,16-17,26,32,39,41-42H,9,12,15,18-20H2,1-2H3,(H,40,44)(H,45,46)(H,47,48)/t26-,32-/m0/s1. The summed E-state index contributed by atoms with van der Waals surface area (Å²) in [6, 6.07) is 16.8. The van der Waals surface area contributed by atoms with Crippen LogP contribution in [0.1, 0.15) is 55.2 Å². The Balaban J connectivity index is 1.43. The fourth-order valence-electron chi connectivity index (χ4n) is 5.18. The molecule has 4 rings (SSSR count). The smallest absolute Gasteiger partial charge is 0.323 e. The second-order valence-electron chi connectivity index (χ2n) is 11.4. The van der Waals surface area contributed by atoms with Crippen molar-refractivity contribution in [2.45, 2.75) is 45.7 Å². The van der Waals surface area contributed by atoms with Gasteiger partial charge in [0.1, 0.15) is 17.4 Å². The van der Waals surface area contributed by atoms with Gasteiger partial charge >= 0.3 is 11.9 Å². The molecule has 0 radical (unpaired) electrons. The Morgan fingerprint density at radius 1 is 0.750 bits per heavy atom. The van der Waals surface area contributed by atoms with Gasteiger partial charge in [-0.25, -0.2) is 0 Å². The molecule has 0 unspecified atom stereocenters. The van der Waals surface area contributed by atoms with Gasteiger partial charge in [-0.1, -0.05) is 42.5 Å². The van der Waals surface area contributed by atoms with Gasteiger partial charge in [-0.15, -0.1) is 0 Å². The number of carboxylic acids is 2. The van der Waals surface area contributed by atoms with Crippen LogP contribution >= 0.6 is 0 Å². The number of aliphatic hydroxyl groups is 2. The number of carbonyl (C=O) groups is 4. The van der Waals surface area contributed by atoms with Crippen LogP contribution in [-0.2, 0) is 29.0 Å². The molecule has 0 fully saturated rings. The molecule has 48 heavy (non-hydrogen) atoms. The first-order valence-corrected chi connectivity index (χ1v) is 15.4. The van der Waals surface area contributed by atoms with E-state index in [9.17, 15) is 24.3 Å². The maximum atomic E-state index is 13.2. The first kappa shape index (κ1) is 35.6. The molecule has 2 atom stereocenters. The summed E-state index contributed by atoms with van der Waals surface area (Å²) in [7, 11) is 0. The van der Waals surface area contributed by atoms with Crippen LogP contribution in [0.3, 0.4) is 0 Å². The number of hydrogen-bond acceptors (Lipinski definition) is 9. The number of aliphatic carboxylic acids is 2. The number of carboxylic acid groups (broad SMARTS) is 2. The van der Waals surface area contributed by atoms with Crippen molar-refractivity contribution in [2.75, 3.05) is 18.5 Å². The molecule has 2 aromatic carbocycles. The highest BCUT2D eigenvalue weighted by atomic mass is 16.4. The number of benzene rings is 2. The molecule has 0 aliphatic carbocycles. The Kier molecular flexibility index (Phi) is 12.2. The van der Waals surface area contributed by atoms with Crippen molar-refractivity contribution < 1.29 is 39.6 Å². The van der Waals surface area contributed by atoms with E-state index in [1.54, 1.807) is 30.3 Å². The zero-order valence-corrected chi connectivity index (χ0v) is 26.6. The minimum absolute atomic E-state index is 0.115. The number of ketones is 1. The number of nitrogens with zero attached hydrogens (tertiary/aromatic N) is 2. The lowest BCUT2D eigenvalue weighted by molar-refractivity contribution is -0.143. The molecule has 0 bridgehead atoms. The molecule has 0 spiro atoms. The maximum absolute atomic E-state index is 13.2. The van der Waals surface area contributed by atoms with Crippen molar-refractivity contribution in [1.82, 2.24) is 15.3 Å². The first-order valence-electron chi connectivity index (χ1n) is 15.4. The number of hydrogen-bond donors (Lipinski definition) is 6. The van der Waals surface area contributed by atoms with Crippen LogP contribution in [0.25, 0.3) is 11.1 Å². The van der Waals surface area contributed by atoms with E-state index in [0.717, 1.165) is 33.4 Å². The third-order valence-corrected chi connectivity index (χ3v) is 8.22. The van der Waals surface area contributed by atoms with Gasteiger partial charge in [0, 0.05) is 31.0 Å². The van der Waals surface area contributed by atoms with Gasteiger partial charge in [-0.05, 0) is 83.8 Å². The number of rotatable bonds is 16. The lowest BCUT2D eigenvalue weighted by atomic mass is 9.91. The van der Waals surface area contributed by atoms with Crippen LogP contribution in [0.2, 0.25) is 0 Å². The van der Waals surface area contributed by atoms with Crippen molar-refractivity contribution in [2.24, 2.45) is 5.92 Å². The van der Waals surface area contributed by atoms with E-state index in [1.807, 2.05) is 44.2 Å². The summed E-state index contributed by atoms with van der Waals surface area (Å²) in [4.78, 5) is 57.0. The maximum Gasteiger partial charge on any atom is 0.323 e. The summed E-state index contributed by atoms with van der Waals surface area (Å²) in [6.07, 6.45) is 3.81. The third kappa shape index (κ3) is 8.94. The molecular formula is C36H38N4O8. The van der Waals surface area contributed by atoms with Crippen molar-refractivity contribution in [3.63, 3.8) is 0 Å². The van der Waals surface area contributed by atoms with Gasteiger partial charge in [0.2, 0.25) is 0 Å². The Hall–Kier alpha value is -5.30. The van der Waals surface area contributed by atoms with Gasteiger partial charge in [0.05, 0.1) is 19.1 Å². The Morgan fingerprint density at radius 3 is 2.00 bits per heavy atom. The summed E-state index contributed by atoms with van der Waals surface area (Å²) in [5, 5.41) is 42.2. The molecule has 4 aromatic rings. The van der Waals surface area contributed by atoms with Gasteiger partial charge in [0.25, 0.3) is 5.91 Å². The number of anilines is 1. The van der Waals surface area contributed by atoms with Gasteiger partial charge < -0.3 is 25.7 Å². The number of pyridine rings is 2. The molecule has 0 aliphatic heterocycles. The average Bonchev–Trinajstić information content (AvgIpc) is 3.07. The summed E-state index contributed by atoms with van der Waals surface area (Å²) < 4.78 is 0. The topological polar surface area (TPSA) is 199 Å². The van der Waals surface area contributed by atoms with Crippen LogP contribution < -0.4 is 10.6 Å². The molecular weight excluding hydrogens is 616 g/mol. The van der Waals surface area contributed by atoms with E-state index >= 15 is 0 Å². The monoisotopic (exact) mass is 654 g/mol. The van der Waals surface area contributed by atoms with Gasteiger partial charge in [0.15, 0.2) is 5.78 Å². The summed E-state index contributed by atoms with van der Waals surface area (Å²) in [5.74, 6) is -3.65. The largest absolute Gasteiger partial charge is 0.481 e. The molecule has 2 heterocycles. The number of amides is 1.